The number of benzene rings is 1. The molecule has 0 saturated carbocycles. The molecule has 2 aromatic heterocycles. The van der Waals surface area contributed by atoms with E-state index in [2.05, 4.69) is 10.3 Å². The number of fused-ring (bicyclic) bond motifs is 2. The standard InChI is InChI=1S/C19H15N3O5/c1-11-3-2-4-17-20-14(8-22(11)17)19(25)27-9-15(23)12-5-6-16-13(7-12)21-18(24)10-26-16/h2-8H,9-10H2,1H3,(H,21,24). The first-order valence-electron chi connectivity index (χ1n) is 8.23. The van der Waals surface area contributed by atoms with Crippen LogP contribution in [0.15, 0.2) is 42.6 Å². The smallest absolute Gasteiger partial charge is 0.359 e. The first-order chi connectivity index (χ1) is 13.0. The molecule has 0 saturated heterocycles. The second-order valence-electron chi connectivity index (χ2n) is 6.07. The van der Waals surface area contributed by atoms with Gasteiger partial charge in [-0.2, -0.15) is 0 Å². The zero-order valence-corrected chi connectivity index (χ0v) is 14.4. The van der Waals surface area contributed by atoms with Crippen molar-refractivity contribution in [1.82, 2.24) is 9.38 Å². The van der Waals surface area contributed by atoms with Crippen LogP contribution in [0.4, 0.5) is 5.69 Å². The highest BCUT2D eigenvalue weighted by Crippen LogP contribution is 2.28. The van der Waals surface area contributed by atoms with Gasteiger partial charge < -0.3 is 19.2 Å². The zero-order chi connectivity index (χ0) is 19.0. The second kappa shape index (κ2) is 6.56. The Kier molecular flexibility index (Phi) is 4.08. The van der Waals surface area contributed by atoms with E-state index in [1.54, 1.807) is 28.8 Å². The van der Waals surface area contributed by atoms with Gasteiger partial charge in [0.2, 0.25) is 0 Å². The molecule has 0 radical (unpaired) electrons. The highest BCUT2D eigenvalue weighted by molar-refractivity contribution is 6.02. The number of amides is 1. The van der Waals surface area contributed by atoms with E-state index in [-0.39, 0.29) is 18.2 Å². The number of aromatic nitrogens is 2. The number of nitrogens with zero attached hydrogens (tertiary/aromatic N) is 2. The van der Waals surface area contributed by atoms with Gasteiger partial charge in [0.25, 0.3) is 5.91 Å². The quantitative estimate of drug-likeness (QED) is 0.561. The average molecular weight is 365 g/mol. The second-order valence-corrected chi connectivity index (χ2v) is 6.07. The van der Waals surface area contributed by atoms with Crippen LogP contribution in [0.3, 0.4) is 0 Å². The minimum absolute atomic E-state index is 0.0591. The summed E-state index contributed by atoms with van der Waals surface area (Å²) in [6, 6.07) is 10.2. The Labute approximate surface area is 153 Å². The summed E-state index contributed by atoms with van der Waals surface area (Å²) in [5, 5.41) is 2.63. The van der Waals surface area contributed by atoms with Gasteiger partial charge in [-0.25, -0.2) is 9.78 Å². The summed E-state index contributed by atoms with van der Waals surface area (Å²) in [6.45, 7) is 1.40. The van der Waals surface area contributed by atoms with Crippen molar-refractivity contribution in [3.05, 3.63) is 59.5 Å². The minimum Gasteiger partial charge on any atom is -0.482 e. The minimum atomic E-state index is -0.680. The molecule has 0 aliphatic carbocycles. The number of Topliss-reactive ketones (excluding diaryl/α,β-unsaturated/α-hetero) is 1. The van der Waals surface area contributed by atoms with E-state index < -0.39 is 18.4 Å². The lowest BCUT2D eigenvalue weighted by Gasteiger charge is -2.18. The number of carbonyl (C=O) groups is 3. The lowest BCUT2D eigenvalue weighted by molar-refractivity contribution is -0.118. The predicted molar refractivity (Wildman–Crippen MR) is 95.1 cm³/mol. The van der Waals surface area contributed by atoms with Crippen LogP contribution in [0.2, 0.25) is 0 Å². The molecular formula is C19H15N3O5. The summed E-state index contributed by atoms with van der Waals surface area (Å²) >= 11 is 0. The summed E-state index contributed by atoms with van der Waals surface area (Å²) in [6.07, 6.45) is 1.57. The molecule has 1 aliphatic heterocycles. The third-order valence-electron chi connectivity index (χ3n) is 4.17. The van der Waals surface area contributed by atoms with Crippen LogP contribution in [0.25, 0.3) is 5.65 Å². The van der Waals surface area contributed by atoms with E-state index in [1.807, 2.05) is 19.1 Å². The number of rotatable bonds is 4. The number of carbonyl (C=O) groups excluding carboxylic acids is 3. The van der Waals surface area contributed by atoms with E-state index in [9.17, 15) is 14.4 Å². The number of esters is 1. The Morgan fingerprint density at radius 3 is 2.96 bits per heavy atom. The van der Waals surface area contributed by atoms with E-state index in [0.29, 0.717) is 22.6 Å². The maximum Gasteiger partial charge on any atom is 0.359 e. The van der Waals surface area contributed by atoms with Crippen molar-refractivity contribution in [3.63, 3.8) is 0 Å². The third-order valence-corrected chi connectivity index (χ3v) is 4.17. The fourth-order valence-electron chi connectivity index (χ4n) is 2.79. The Hall–Kier alpha value is -3.68. The van der Waals surface area contributed by atoms with Crippen LogP contribution in [-0.4, -0.2) is 40.3 Å². The molecule has 136 valence electrons. The molecule has 27 heavy (non-hydrogen) atoms. The molecule has 1 amide bonds. The summed E-state index contributed by atoms with van der Waals surface area (Å²) in [5.41, 5.74) is 2.40. The summed E-state index contributed by atoms with van der Waals surface area (Å²) in [7, 11) is 0. The molecule has 0 unspecified atom stereocenters. The first kappa shape index (κ1) is 16.8. The maximum absolute atomic E-state index is 12.3. The number of ketones is 1. The molecule has 4 rings (SSSR count). The fraction of sp³-hybridized carbons (Fsp3) is 0.158. The van der Waals surface area contributed by atoms with E-state index in [1.165, 1.54) is 6.07 Å². The molecule has 0 atom stereocenters. The van der Waals surface area contributed by atoms with Crippen molar-refractivity contribution in [2.45, 2.75) is 6.92 Å². The first-order valence-corrected chi connectivity index (χ1v) is 8.23. The van der Waals surface area contributed by atoms with Gasteiger partial charge in [-0.1, -0.05) is 6.07 Å². The van der Waals surface area contributed by atoms with Gasteiger partial charge >= 0.3 is 5.97 Å². The summed E-state index contributed by atoms with van der Waals surface area (Å²) < 4.78 is 12.1. The van der Waals surface area contributed by atoms with Crippen LogP contribution >= 0.6 is 0 Å². The Balaban J connectivity index is 1.45. The van der Waals surface area contributed by atoms with Gasteiger partial charge in [-0.15, -0.1) is 0 Å². The van der Waals surface area contributed by atoms with Crippen LogP contribution < -0.4 is 10.1 Å². The molecule has 1 N–H and O–H groups in total. The van der Waals surface area contributed by atoms with Crippen molar-refractivity contribution in [1.29, 1.82) is 0 Å². The molecule has 1 aliphatic rings. The molecular weight excluding hydrogens is 350 g/mol. The average Bonchev–Trinajstić information content (AvgIpc) is 3.11. The zero-order valence-electron chi connectivity index (χ0n) is 14.4. The van der Waals surface area contributed by atoms with Gasteiger partial charge in [0.1, 0.15) is 11.4 Å². The highest BCUT2D eigenvalue weighted by Gasteiger charge is 2.19. The number of hydrogen-bond donors (Lipinski definition) is 1. The third kappa shape index (κ3) is 3.24. The SMILES string of the molecule is Cc1cccc2nc(C(=O)OCC(=O)c3ccc4c(c3)NC(=O)CO4)cn12. The van der Waals surface area contributed by atoms with Gasteiger partial charge in [0, 0.05) is 17.5 Å². The Bertz CT molecular complexity index is 1090. The highest BCUT2D eigenvalue weighted by atomic mass is 16.5. The number of imidazole rings is 1. The number of hydrogen-bond acceptors (Lipinski definition) is 6. The lowest BCUT2D eigenvalue weighted by Crippen LogP contribution is -2.25. The normalized spacial score (nSPS) is 12.9. The molecule has 0 bridgehead atoms. The number of nitrogens with one attached hydrogen (secondary N) is 1. The van der Waals surface area contributed by atoms with E-state index in [4.69, 9.17) is 9.47 Å². The molecule has 8 heteroatoms. The molecule has 8 nitrogen and oxygen atoms in total. The van der Waals surface area contributed by atoms with Crippen LogP contribution in [0.5, 0.6) is 5.75 Å². The van der Waals surface area contributed by atoms with Crippen molar-refractivity contribution < 1.29 is 23.9 Å². The monoisotopic (exact) mass is 365 g/mol. The molecule has 1 aromatic carbocycles. The number of ether oxygens (including phenoxy) is 2. The van der Waals surface area contributed by atoms with Crippen LogP contribution in [0, 0.1) is 6.92 Å². The van der Waals surface area contributed by atoms with Crippen molar-refractivity contribution in [3.8, 4) is 5.75 Å². The van der Waals surface area contributed by atoms with Crippen molar-refractivity contribution in [2.24, 2.45) is 0 Å². The number of pyridine rings is 1. The maximum atomic E-state index is 12.3. The van der Waals surface area contributed by atoms with Crippen LogP contribution in [-0.2, 0) is 9.53 Å². The van der Waals surface area contributed by atoms with E-state index >= 15 is 0 Å². The topological polar surface area (TPSA) is 99.0 Å². The Morgan fingerprint density at radius 1 is 1.30 bits per heavy atom. The summed E-state index contributed by atoms with van der Waals surface area (Å²) in [4.78, 5) is 40.1. The lowest BCUT2D eigenvalue weighted by atomic mass is 10.1. The molecule has 3 heterocycles. The molecule has 0 spiro atoms. The van der Waals surface area contributed by atoms with Gasteiger partial charge in [-0.05, 0) is 37.3 Å². The number of anilines is 1. The molecule has 0 fully saturated rings. The Morgan fingerprint density at radius 2 is 2.15 bits per heavy atom. The largest absolute Gasteiger partial charge is 0.482 e. The van der Waals surface area contributed by atoms with Crippen molar-refractivity contribution >= 4 is 29.0 Å². The van der Waals surface area contributed by atoms with Gasteiger partial charge in [0.15, 0.2) is 24.7 Å². The fourth-order valence-corrected chi connectivity index (χ4v) is 2.79. The predicted octanol–water partition coefficient (Wildman–Crippen LogP) is 2.01. The van der Waals surface area contributed by atoms with Gasteiger partial charge in [-0.3, -0.25) is 9.59 Å². The summed E-state index contributed by atoms with van der Waals surface area (Å²) in [5.74, 6) is -0.879. The van der Waals surface area contributed by atoms with Crippen molar-refractivity contribution in [2.75, 3.05) is 18.5 Å². The van der Waals surface area contributed by atoms with Crippen LogP contribution in [0.1, 0.15) is 26.5 Å². The van der Waals surface area contributed by atoms with Gasteiger partial charge in [0.05, 0.1) is 5.69 Å². The van der Waals surface area contributed by atoms with E-state index in [0.717, 1.165) is 5.69 Å². The molecule has 3 aromatic rings. The number of aryl methyl sites for hydroxylation is 1.